The second-order valence-corrected chi connectivity index (χ2v) is 6.94. The molecule has 0 radical (unpaired) electrons. The Morgan fingerprint density at radius 1 is 1.17 bits per heavy atom. The first-order chi connectivity index (χ1) is 8.42. The number of halogens is 2. The molecule has 0 amide bonds. The Morgan fingerprint density at radius 2 is 1.78 bits per heavy atom. The Labute approximate surface area is 107 Å². The molecule has 1 rings (SSSR count). The zero-order valence-corrected chi connectivity index (χ0v) is 12.0. The van der Waals surface area contributed by atoms with Gasteiger partial charge in [0.25, 0.3) is 0 Å². The summed E-state index contributed by atoms with van der Waals surface area (Å²) in [5.41, 5.74) is 0.326. The topological polar surface area (TPSA) is 27.7 Å². The summed E-state index contributed by atoms with van der Waals surface area (Å²) in [6.07, 6.45) is -0.0972. The second-order valence-electron chi connectivity index (χ2n) is 4.17. The molecule has 0 bridgehead atoms. The van der Waals surface area contributed by atoms with Crippen molar-refractivity contribution in [2.45, 2.75) is 26.0 Å². The van der Waals surface area contributed by atoms with E-state index in [2.05, 4.69) is 0 Å². The van der Waals surface area contributed by atoms with Gasteiger partial charge >= 0.3 is 8.80 Å². The first kappa shape index (κ1) is 15.2. The molecule has 0 atom stereocenters. The number of hydrogen-bond donors (Lipinski definition) is 0. The Bertz CT molecular complexity index is 395. The first-order valence-electron chi connectivity index (χ1n) is 5.64. The van der Waals surface area contributed by atoms with E-state index in [0.29, 0.717) is 5.56 Å². The molecule has 18 heavy (non-hydrogen) atoms. The van der Waals surface area contributed by atoms with Crippen molar-refractivity contribution in [3.05, 3.63) is 35.4 Å². The lowest BCUT2D eigenvalue weighted by Gasteiger charge is -2.28. The van der Waals surface area contributed by atoms with E-state index >= 15 is 0 Å². The molecule has 0 aromatic heterocycles. The van der Waals surface area contributed by atoms with Gasteiger partial charge < -0.3 is 13.3 Å². The Kier molecular flexibility index (Phi) is 5.40. The molecule has 0 unspecified atom stereocenters. The maximum absolute atomic E-state index is 13.6. The minimum absolute atomic E-state index is 0.0972. The van der Waals surface area contributed by atoms with Crippen molar-refractivity contribution in [2.75, 3.05) is 14.2 Å². The van der Waals surface area contributed by atoms with Gasteiger partial charge in [-0.15, -0.1) is 0 Å². The maximum atomic E-state index is 13.6. The Hall–Kier alpha value is -0.823. The van der Waals surface area contributed by atoms with Crippen LogP contribution in [0.4, 0.5) is 8.78 Å². The standard InChI is InChI=1S/C12H18F2O3Si/c1-9(2)17-18(15-3,16-4)8-10-5-6-11(13)7-12(10)14/h5-7,9H,8H2,1-4H3. The van der Waals surface area contributed by atoms with Crippen molar-refractivity contribution in [1.82, 2.24) is 0 Å². The zero-order chi connectivity index (χ0) is 13.8. The molecule has 0 saturated carbocycles. The fourth-order valence-electron chi connectivity index (χ4n) is 1.62. The summed E-state index contributed by atoms with van der Waals surface area (Å²) < 4.78 is 42.7. The van der Waals surface area contributed by atoms with Crippen molar-refractivity contribution >= 4 is 8.80 Å². The molecular weight excluding hydrogens is 258 g/mol. The molecule has 3 nitrogen and oxygen atoms in total. The lowest BCUT2D eigenvalue weighted by atomic mass is 10.2. The summed E-state index contributed by atoms with van der Waals surface area (Å²) in [6, 6.07) is 3.60. The quantitative estimate of drug-likeness (QED) is 0.748. The lowest BCUT2D eigenvalue weighted by molar-refractivity contribution is 0.0688. The predicted octanol–water partition coefficient (Wildman–Crippen LogP) is 2.70. The molecule has 0 fully saturated rings. The monoisotopic (exact) mass is 276 g/mol. The minimum atomic E-state index is -2.96. The van der Waals surface area contributed by atoms with Crippen molar-refractivity contribution in [3.8, 4) is 0 Å². The summed E-state index contributed by atoms with van der Waals surface area (Å²) in [5.74, 6) is -1.23. The molecule has 0 spiro atoms. The van der Waals surface area contributed by atoms with Gasteiger partial charge in [-0.2, -0.15) is 0 Å². The minimum Gasteiger partial charge on any atom is -0.377 e. The number of rotatable bonds is 6. The normalized spacial score (nSPS) is 12.2. The highest BCUT2D eigenvalue weighted by Gasteiger charge is 2.41. The maximum Gasteiger partial charge on any atom is 0.505 e. The SMILES string of the molecule is CO[Si](Cc1ccc(F)cc1F)(OC)OC(C)C. The van der Waals surface area contributed by atoms with Gasteiger partial charge in [0.15, 0.2) is 0 Å². The van der Waals surface area contributed by atoms with E-state index in [1.807, 2.05) is 13.8 Å². The fourth-order valence-corrected chi connectivity index (χ4v) is 3.83. The average molecular weight is 276 g/mol. The molecule has 0 heterocycles. The third-order valence-electron chi connectivity index (χ3n) is 2.46. The molecule has 0 saturated heterocycles. The van der Waals surface area contributed by atoms with Crippen molar-refractivity contribution in [2.24, 2.45) is 0 Å². The summed E-state index contributed by atoms with van der Waals surface area (Å²) in [7, 11) is -0.0151. The molecule has 6 heteroatoms. The molecule has 0 aliphatic carbocycles. The Morgan fingerprint density at radius 3 is 2.22 bits per heavy atom. The van der Waals surface area contributed by atoms with Crippen LogP contribution in [0.2, 0.25) is 0 Å². The van der Waals surface area contributed by atoms with Gasteiger partial charge in [-0.3, -0.25) is 0 Å². The van der Waals surface area contributed by atoms with Crippen LogP contribution < -0.4 is 0 Å². The first-order valence-corrected chi connectivity index (χ1v) is 7.57. The highest BCUT2D eigenvalue weighted by atomic mass is 28.4. The third-order valence-corrected chi connectivity index (χ3v) is 5.35. The van der Waals surface area contributed by atoms with Crippen LogP contribution in [0.1, 0.15) is 19.4 Å². The van der Waals surface area contributed by atoms with E-state index in [1.165, 1.54) is 26.4 Å². The van der Waals surface area contributed by atoms with Crippen LogP contribution in [0.5, 0.6) is 0 Å². The van der Waals surface area contributed by atoms with Crippen LogP contribution in [0.25, 0.3) is 0 Å². The van der Waals surface area contributed by atoms with Crippen LogP contribution in [-0.4, -0.2) is 29.1 Å². The fraction of sp³-hybridized carbons (Fsp3) is 0.500. The van der Waals surface area contributed by atoms with E-state index in [9.17, 15) is 8.78 Å². The van der Waals surface area contributed by atoms with Crippen LogP contribution in [0.3, 0.4) is 0 Å². The third kappa shape index (κ3) is 3.84. The van der Waals surface area contributed by atoms with Crippen LogP contribution >= 0.6 is 0 Å². The van der Waals surface area contributed by atoms with Gasteiger partial charge in [-0.1, -0.05) is 6.07 Å². The van der Waals surface area contributed by atoms with Crippen LogP contribution in [0.15, 0.2) is 18.2 Å². The second kappa shape index (κ2) is 6.37. The highest BCUT2D eigenvalue weighted by molar-refractivity contribution is 6.60. The van der Waals surface area contributed by atoms with Gasteiger partial charge in [0.05, 0.1) is 0 Å². The van der Waals surface area contributed by atoms with E-state index in [4.69, 9.17) is 13.3 Å². The van der Waals surface area contributed by atoms with Gasteiger partial charge in [-0.25, -0.2) is 8.78 Å². The van der Waals surface area contributed by atoms with Gasteiger partial charge in [0, 0.05) is 32.4 Å². The molecule has 0 N–H and O–H groups in total. The molecule has 0 aliphatic heterocycles. The summed E-state index contributed by atoms with van der Waals surface area (Å²) in [4.78, 5) is 0. The lowest BCUT2D eigenvalue weighted by Crippen LogP contribution is -2.48. The van der Waals surface area contributed by atoms with Crippen molar-refractivity contribution < 1.29 is 22.1 Å². The largest absolute Gasteiger partial charge is 0.505 e. The average Bonchev–Trinajstić information content (AvgIpc) is 2.31. The predicted molar refractivity (Wildman–Crippen MR) is 66.1 cm³/mol. The molecule has 0 aliphatic rings. The Balaban J connectivity index is 2.95. The molecule has 102 valence electrons. The molecule has 1 aromatic rings. The van der Waals surface area contributed by atoms with E-state index in [-0.39, 0.29) is 12.1 Å². The zero-order valence-electron chi connectivity index (χ0n) is 11.0. The highest BCUT2D eigenvalue weighted by Crippen LogP contribution is 2.20. The van der Waals surface area contributed by atoms with Gasteiger partial charge in [0.1, 0.15) is 11.6 Å². The summed E-state index contributed by atoms with van der Waals surface area (Å²) in [5, 5.41) is 0. The summed E-state index contributed by atoms with van der Waals surface area (Å²) in [6.45, 7) is 3.70. The number of hydrogen-bond acceptors (Lipinski definition) is 3. The van der Waals surface area contributed by atoms with E-state index < -0.39 is 20.4 Å². The van der Waals surface area contributed by atoms with Gasteiger partial charge in [-0.05, 0) is 25.5 Å². The van der Waals surface area contributed by atoms with Crippen LogP contribution in [0, 0.1) is 11.6 Å². The molecule has 1 aromatic carbocycles. The van der Waals surface area contributed by atoms with Crippen LogP contribution in [-0.2, 0) is 19.3 Å². The smallest absolute Gasteiger partial charge is 0.377 e. The van der Waals surface area contributed by atoms with E-state index in [1.54, 1.807) is 0 Å². The molecular formula is C12H18F2O3Si. The van der Waals surface area contributed by atoms with Crippen molar-refractivity contribution in [3.63, 3.8) is 0 Å². The van der Waals surface area contributed by atoms with E-state index in [0.717, 1.165) is 6.07 Å². The summed E-state index contributed by atoms with van der Waals surface area (Å²) >= 11 is 0. The van der Waals surface area contributed by atoms with Gasteiger partial charge in [0.2, 0.25) is 0 Å². The van der Waals surface area contributed by atoms with Crippen molar-refractivity contribution in [1.29, 1.82) is 0 Å². The number of benzene rings is 1.